The first-order valence-electron chi connectivity index (χ1n) is 6.80. The number of anilines is 1. The van der Waals surface area contributed by atoms with Crippen molar-refractivity contribution in [2.24, 2.45) is 7.05 Å². The molecule has 0 saturated carbocycles. The molecule has 1 aliphatic heterocycles. The molecule has 7 heteroatoms. The van der Waals surface area contributed by atoms with Crippen molar-refractivity contribution in [3.8, 4) is 0 Å². The molecule has 3 aromatic heterocycles. The van der Waals surface area contributed by atoms with Crippen LogP contribution in [-0.2, 0) is 20.0 Å². The van der Waals surface area contributed by atoms with Crippen molar-refractivity contribution in [2.45, 2.75) is 13.0 Å². The molecule has 4 heterocycles. The van der Waals surface area contributed by atoms with Crippen molar-refractivity contribution in [3.05, 3.63) is 46.5 Å². The molecule has 0 saturated heterocycles. The first-order valence-corrected chi connectivity index (χ1v) is 6.80. The Morgan fingerprint density at radius 3 is 3.19 bits per heavy atom. The second-order valence-corrected chi connectivity index (χ2v) is 5.24. The van der Waals surface area contributed by atoms with E-state index in [-0.39, 0.29) is 5.56 Å². The summed E-state index contributed by atoms with van der Waals surface area (Å²) in [5.74, 6) is 0. The van der Waals surface area contributed by atoms with Crippen LogP contribution < -0.4 is 10.5 Å². The molecule has 0 atom stereocenters. The molecule has 0 spiro atoms. The minimum atomic E-state index is -0.124. The van der Waals surface area contributed by atoms with Crippen molar-refractivity contribution in [3.63, 3.8) is 0 Å². The summed E-state index contributed by atoms with van der Waals surface area (Å²) < 4.78 is 1.82. The van der Waals surface area contributed by atoms with Gasteiger partial charge in [0.15, 0.2) is 0 Å². The highest BCUT2D eigenvalue weighted by Crippen LogP contribution is 2.25. The Morgan fingerprint density at radius 1 is 1.38 bits per heavy atom. The Labute approximate surface area is 120 Å². The lowest BCUT2D eigenvalue weighted by molar-refractivity contribution is 0.694. The largest absolute Gasteiger partial charge is 0.359 e. The molecule has 0 amide bonds. The lowest BCUT2D eigenvalue weighted by atomic mass is 10.1. The lowest BCUT2D eigenvalue weighted by Crippen LogP contribution is -2.34. The maximum Gasteiger partial charge on any atom is 0.273 e. The molecule has 4 rings (SSSR count). The molecule has 1 N–H and O–H groups in total. The minimum absolute atomic E-state index is 0.124. The van der Waals surface area contributed by atoms with Gasteiger partial charge in [-0.3, -0.25) is 9.48 Å². The van der Waals surface area contributed by atoms with E-state index in [1.807, 2.05) is 22.8 Å². The number of aromatic nitrogens is 5. The number of hydrogen-bond acceptors (Lipinski definition) is 5. The minimum Gasteiger partial charge on any atom is -0.359 e. The molecule has 21 heavy (non-hydrogen) atoms. The number of nitrogens with zero attached hydrogens (tertiary/aromatic N) is 5. The van der Waals surface area contributed by atoms with E-state index >= 15 is 0 Å². The van der Waals surface area contributed by atoms with E-state index in [1.165, 1.54) is 11.9 Å². The van der Waals surface area contributed by atoms with Crippen molar-refractivity contribution in [1.29, 1.82) is 0 Å². The number of aryl methyl sites for hydroxylation is 1. The third-order valence-electron chi connectivity index (χ3n) is 3.84. The Balaban J connectivity index is 1.84. The fraction of sp³-hybridized carbons (Fsp3) is 0.286. The molecule has 7 nitrogen and oxygen atoms in total. The van der Waals surface area contributed by atoms with Crippen molar-refractivity contribution in [2.75, 3.05) is 11.4 Å². The average Bonchev–Trinajstić information content (AvgIpc) is 2.86. The van der Waals surface area contributed by atoms with Gasteiger partial charge in [0, 0.05) is 37.6 Å². The molecule has 0 radical (unpaired) electrons. The van der Waals surface area contributed by atoms with Crippen molar-refractivity contribution in [1.82, 2.24) is 24.7 Å². The second kappa shape index (κ2) is 4.41. The van der Waals surface area contributed by atoms with Crippen LogP contribution in [0.5, 0.6) is 0 Å². The van der Waals surface area contributed by atoms with Gasteiger partial charge < -0.3 is 9.88 Å². The molecule has 106 valence electrons. The summed E-state index contributed by atoms with van der Waals surface area (Å²) in [7, 11) is 1.92. The zero-order chi connectivity index (χ0) is 14.4. The van der Waals surface area contributed by atoms with Gasteiger partial charge in [0.25, 0.3) is 5.56 Å². The molecular weight excluding hydrogens is 268 g/mol. The monoisotopic (exact) mass is 282 g/mol. The molecule has 0 unspecified atom stereocenters. The van der Waals surface area contributed by atoms with Crippen molar-refractivity contribution >= 4 is 16.6 Å². The quantitative estimate of drug-likeness (QED) is 0.707. The standard InChI is InChI=1S/C14H14N6O/c1-19-6-9-2-3-20(7-11(9)18-19)13-12-10(4-15-8-17-12)5-16-14(13)21/h4-6,8H,2-3,7H2,1H3,(H,16,21). The van der Waals surface area contributed by atoms with E-state index < -0.39 is 0 Å². The summed E-state index contributed by atoms with van der Waals surface area (Å²) in [6.07, 6.45) is 7.75. The molecule has 3 aromatic rings. The smallest absolute Gasteiger partial charge is 0.273 e. The van der Waals surface area contributed by atoms with Gasteiger partial charge in [-0.2, -0.15) is 5.10 Å². The van der Waals surface area contributed by atoms with E-state index in [2.05, 4.69) is 20.1 Å². The summed E-state index contributed by atoms with van der Waals surface area (Å²) in [5, 5.41) is 5.30. The number of pyridine rings is 1. The van der Waals surface area contributed by atoms with Gasteiger partial charge in [0.1, 0.15) is 17.5 Å². The summed E-state index contributed by atoms with van der Waals surface area (Å²) >= 11 is 0. The molecule has 0 fully saturated rings. The van der Waals surface area contributed by atoms with Gasteiger partial charge in [0.05, 0.1) is 12.2 Å². The fourth-order valence-electron chi connectivity index (χ4n) is 2.89. The summed E-state index contributed by atoms with van der Waals surface area (Å²) in [4.78, 5) is 25.4. The summed E-state index contributed by atoms with van der Waals surface area (Å²) in [6.45, 7) is 1.41. The maximum atomic E-state index is 12.3. The summed E-state index contributed by atoms with van der Waals surface area (Å²) in [5.41, 5.74) is 3.44. The Hall–Kier alpha value is -2.70. The average molecular weight is 282 g/mol. The molecule has 0 aromatic carbocycles. The zero-order valence-corrected chi connectivity index (χ0v) is 11.6. The first-order chi connectivity index (χ1) is 10.2. The molecule has 0 bridgehead atoms. The lowest BCUT2D eigenvalue weighted by Gasteiger charge is -2.27. The van der Waals surface area contributed by atoms with Crippen LogP contribution in [0.4, 0.5) is 5.69 Å². The third-order valence-corrected chi connectivity index (χ3v) is 3.84. The van der Waals surface area contributed by atoms with Crippen LogP contribution >= 0.6 is 0 Å². The van der Waals surface area contributed by atoms with Crippen LogP contribution in [0, 0.1) is 0 Å². The van der Waals surface area contributed by atoms with Crippen LogP contribution in [0.3, 0.4) is 0 Å². The van der Waals surface area contributed by atoms with Crippen LogP contribution in [0.25, 0.3) is 10.9 Å². The number of rotatable bonds is 1. The van der Waals surface area contributed by atoms with E-state index in [9.17, 15) is 4.79 Å². The maximum absolute atomic E-state index is 12.3. The number of aromatic amines is 1. The van der Waals surface area contributed by atoms with Crippen LogP contribution in [0.2, 0.25) is 0 Å². The predicted octanol–water partition coefficient (Wildman–Crippen LogP) is 0.614. The van der Waals surface area contributed by atoms with Gasteiger partial charge in [0.2, 0.25) is 0 Å². The molecule has 0 aliphatic carbocycles. The van der Waals surface area contributed by atoms with Gasteiger partial charge >= 0.3 is 0 Å². The SMILES string of the molecule is Cn1cc2c(n1)CN(c1c(=O)[nH]cc3cncnc13)CC2. The highest BCUT2D eigenvalue weighted by atomic mass is 16.1. The Morgan fingerprint density at radius 2 is 2.29 bits per heavy atom. The highest BCUT2D eigenvalue weighted by molar-refractivity contribution is 5.88. The normalized spacial score (nSPS) is 14.4. The Bertz CT molecular complexity index is 881. The Kier molecular flexibility index (Phi) is 2.53. The molecular formula is C14H14N6O. The van der Waals surface area contributed by atoms with E-state index in [0.717, 1.165) is 24.0 Å². The van der Waals surface area contributed by atoms with E-state index in [4.69, 9.17) is 0 Å². The number of nitrogens with one attached hydrogen (secondary N) is 1. The van der Waals surface area contributed by atoms with Gasteiger partial charge in [-0.15, -0.1) is 0 Å². The van der Waals surface area contributed by atoms with Crippen LogP contribution in [0.15, 0.2) is 29.7 Å². The number of H-pyrrole nitrogens is 1. The van der Waals surface area contributed by atoms with Gasteiger partial charge in [-0.1, -0.05) is 0 Å². The number of fused-ring (bicyclic) bond motifs is 2. The van der Waals surface area contributed by atoms with Crippen LogP contribution in [0.1, 0.15) is 11.3 Å². The van der Waals surface area contributed by atoms with Crippen molar-refractivity contribution < 1.29 is 0 Å². The second-order valence-electron chi connectivity index (χ2n) is 5.24. The van der Waals surface area contributed by atoms with E-state index in [0.29, 0.717) is 17.7 Å². The third kappa shape index (κ3) is 1.89. The topological polar surface area (TPSA) is 79.7 Å². The zero-order valence-electron chi connectivity index (χ0n) is 11.6. The summed E-state index contributed by atoms with van der Waals surface area (Å²) in [6, 6.07) is 0. The first kappa shape index (κ1) is 12.1. The molecule has 1 aliphatic rings. The fourth-order valence-corrected chi connectivity index (χ4v) is 2.89. The van der Waals surface area contributed by atoms with E-state index in [1.54, 1.807) is 12.4 Å². The highest BCUT2D eigenvalue weighted by Gasteiger charge is 2.23. The predicted molar refractivity (Wildman–Crippen MR) is 78.1 cm³/mol. The number of hydrogen-bond donors (Lipinski definition) is 1. The van der Waals surface area contributed by atoms with Gasteiger partial charge in [-0.05, 0) is 12.0 Å². The van der Waals surface area contributed by atoms with Crippen LogP contribution in [-0.4, -0.2) is 31.3 Å². The van der Waals surface area contributed by atoms with Gasteiger partial charge in [-0.25, -0.2) is 9.97 Å².